The summed E-state index contributed by atoms with van der Waals surface area (Å²) >= 11 is 0. The SMILES string of the molecule is NC(=O)CCNC[C@H](Cc1ccccc1)NC[C@H](Cc1ccccc1)NC[C@@H](N)Cc1ccccc1.O=C(O)C(F)(F)F.O=C(O)C(F)(F)F.O=C(O)C(F)(F)F.O=C(O)C(F)(F)F. The maximum atomic E-state index is 11.1. The first-order valence-corrected chi connectivity index (χ1v) is 17.9. The van der Waals surface area contributed by atoms with Gasteiger partial charge in [-0.1, -0.05) is 91.0 Å². The molecule has 14 nitrogen and oxygen atoms in total. The molecule has 0 spiro atoms. The number of halogens is 12. The van der Waals surface area contributed by atoms with Crippen molar-refractivity contribution in [3.63, 3.8) is 0 Å². The van der Waals surface area contributed by atoms with Gasteiger partial charge in [0.15, 0.2) is 0 Å². The predicted octanol–water partition coefficient (Wildman–Crippen LogP) is 4.96. The number of hydrogen-bond acceptors (Lipinski definition) is 9. The largest absolute Gasteiger partial charge is 0.490 e. The topological polar surface area (TPSA) is 254 Å². The lowest BCUT2D eigenvalue weighted by atomic mass is 10.0. The van der Waals surface area contributed by atoms with Gasteiger partial charge in [0.05, 0.1) is 0 Å². The minimum absolute atomic E-state index is 0.0428. The number of carboxylic acid groups (broad SMARTS) is 4. The van der Waals surface area contributed by atoms with Crippen LogP contribution in [0.4, 0.5) is 52.7 Å². The van der Waals surface area contributed by atoms with E-state index in [2.05, 4.69) is 88.7 Å². The van der Waals surface area contributed by atoms with Crippen LogP contribution in [0.2, 0.25) is 0 Å². The fraction of sp³-hybridized carbons (Fsp3) is 0.395. The van der Waals surface area contributed by atoms with Gasteiger partial charge >= 0.3 is 48.6 Å². The highest BCUT2D eigenvalue weighted by atomic mass is 19.4. The predicted molar refractivity (Wildman–Crippen MR) is 203 cm³/mol. The maximum absolute atomic E-state index is 11.1. The van der Waals surface area contributed by atoms with Gasteiger partial charge in [-0.15, -0.1) is 0 Å². The number of benzene rings is 3. The number of aliphatic carboxylic acids is 4. The normalized spacial score (nSPS) is 12.6. The average Bonchev–Trinajstić information content (AvgIpc) is 3.18. The molecule has 0 unspecified atom stereocenters. The third-order valence-electron chi connectivity index (χ3n) is 7.22. The van der Waals surface area contributed by atoms with Crippen LogP contribution >= 0.6 is 0 Å². The van der Waals surface area contributed by atoms with Crippen LogP contribution < -0.4 is 27.4 Å². The summed E-state index contributed by atoms with van der Waals surface area (Å²) < 4.78 is 127. The van der Waals surface area contributed by atoms with Crippen molar-refractivity contribution in [1.29, 1.82) is 0 Å². The maximum Gasteiger partial charge on any atom is 0.490 e. The second-order valence-electron chi connectivity index (χ2n) is 12.7. The average molecular weight is 944 g/mol. The number of hydrogen-bond donors (Lipinski definition) is 9. The standard InChI is InChI=1S/C30H41N5O.4C2HF3O2/c31-27(18-24-10-4-1-5-11-24)21-34-29(20-26-14-8-3-9-15-26)23-35-28(22-33-17-16-30(32)36)19-25-12-6-2-7-13-25;4*3-2(4,5)1(6)7/h1-15,27-29,33-35H,16-23,31H2,(H2,32,36);4*(H,6,7)/t27-,28-,29-;;;;/m0..../s1. The van der Waals surface area contributed by atoms with Crippen LogP contribution in [-0.4, -0.2) is 119 Å². The molecule has 0 radical (unpaired) electrons. The quantitative estimate of drug-likeness (QED) is 0.0642. The Morgan fingerprint density at radius 1 is 0.469 bits per heavy atom. The summed E-state index contributed by atoms with van der Waals surface area (Å²) in [6, 6.07) is 31.9. The minimum Gasteiger partial charge on any atom is -0.475 e. The van der Waals surface area contributed by atoms with Crippen molar-refractivity contribution in [2.24, 2.45) is 11.5 Å². The van der Waals surface area contributed by atoms with Crippen molar-refractivity contribution < 1.29 is 97.1 Å². The summed E-state index contributed by atoms with van der Waals surface area (Å²) in [7, 11) is 0. The number of carboxylic acids is 4. The smallest absolute Gasteiger partial charge is 0.475 e. The van der Waals surface area contributed by atoms with Gasteiger partial charge in [0, 0.05) is 50.7 Å². The van der Waals surface area contributed by atoms with Crippen molar-refractivity contribution in [2.45, 2.75) is 68.5 Å². The summed E-state index contributed by atoms with van der Waals surface area (Å²) in [5, 5.41) is 39.4. The molecule has 0 fully saturated rings. The minimum atomic E-state index is -5.08. The van der Waals surface area contributed by atoms with Gasteiger partial charge in [0.25, 0.3) is 0 Å². The molecular formula is C38H45F12N5O9. The van der Waals surface area contributed by atoms with E-state index in [1.807, 2.05) is 18.2 Å². The zero-order chi connectivity index (χ0) is 49.7. The number of nitrogens with two attached hydrogens (primary N) is 2. The van der Waals surface area contributed by atoms with E-state index in [0.717, 1.165) is 38.9 Å². The molecule has 3 aromatic rings. The van der Waals surface area contributed by atoms with Crippen LogP contribution in [0.3, 0.4) is 0 Å². The molecule has 0 aromatic heterocycles. The van der Waals surface area contributed by atoms with Crippen molar-refractivity contribution in [1.82, 2.24) is 16.0 Å². The Hall–Kier alpha value is -5.99. The Morgan fingerprint density at radius 2 is 0.734 bits per heavy atom. The summed E-state index contributed by atoms with van der Waals surface area (Å²) in [5.74, 6) is -11.3. The first-order valence-electron chi connectivity index (χ1n) is 17.9. The lowest BCUT2D eigenvalue weighted by Crippen LogP contribution is -2.50. The number of carbonyl (C=O) groups excluding carboxylic acids is 1. The molecule has 0 aliphatic carbocycles. The summed E-state index contributed by atoms with van der Waals surface area (Å²) in [5.41, 5.74) is 15.6. The van der Waals surface area contributed by atoms with E-state index in [1.165, 1.54) is 16.7 Å². The fourth-order valence-corrected chi connectivity index (χ4v) is 4.33. The van der Waals surface area contributed by atoms with Gasteiger partial charge < -0.3 is 47.8 Å². The Morgan fingerprint density at radius 3 is 1.02 bits per heavy atom. The van der Waals surface area contributed by atoms with E-state index in [4.69, 9.17) is 51.1 Å². The molecule has 64 heavy (non-hydrogen) atoms. The lowest BCUT2D eigenvalue weighted by molar-refractivity contribution is -0.193. The van der Waals surface area contributed by atoms with Crippen molar-refractivity contribution in [3.05, 3.63) is 108 Å². The molecule has 0 heterocycles. The van der Waals surface area contributed by atoms with Crippen molar-refractivity contribution in [2.75, 3.05) is 26.2 Å². The summed E-state index contributed by atoms with van der Waals surface area (Å²) in [6.45, 7) is 2.90. The molecule has 0 saturated carbocycles. The molecule has 0 aliphatic rings. The van der Waals surface area contributed by atoms with Gasteiger partial charge in [-0.2, -0.15) is 52.7 Å². The summed E-state index contributed by atoms with van der Waals surface area (Å²) in [6.07, 6.45) is -17.3. The lowest BCUT2D eigenvalue weighted by Gasteiger charge is -2.26. The van der Waals surface area contributed by atoms with Crippen LogP contribution in [-0.2, 0) is 43.2 Å². The first kappa shape index (κ1) is 60.1. The molecule has 360 valence electrons. The van der Waals surface area contributed by atoms with E-state index in [1.54, 1.807) is 0 Å². The van der Waals surface area contributed by atoms with E-state index < -0.39 is 48.6 Å². The van der Waals surface area contributed by atoms with Crippen LogP contribution in [0.15, 0.2) is 91.0 Å². The van der Waals surface area contributed by atoms with Crippen LogP contribution in [0.5, 0.6) is 0 Å². The number of alkyl halides is 12. The van der Waals surface area contributed by atoms with Gasteiger partial charge in [-0.3, -0.25) is 4.79 Å². The molecule has 11 N–H and O–H groups in total. The second kappa shape index (κ2) is 30.2. The second-order valence-corrected chi connectivity index (χ2v) is 12.7. The monoisotopic (exact) mass is 943 g/mol. The van der Waals surface area contributed by atoms with Gasteiger partial charge in [0.1, 0.15) is 0 Å². The van der Waals surface area contributed by atoms with Crippen molar-refractivity contribution in [3.8, 4) is 0 Å². The van der Waals surface area contributed by atoms with Gasteiger partial charge in [0.2, 0.25) is 5.91 Å². The molecule has 3 atom stereocenters. The van der Waals surface area contributed by atoms with Crippen LogP contribution in [0.1, 0.15) is 23.1 Å². The number of rotatable bonds is 17. The summed E-state index contributed by atoms with van der Waals surface area (Å²) in [4.78, 5) is 46.7. The Labute approximate surface area is 356 Å². The van der Waals surface area contributed by atoms with E-state index in [-0.39, 0.29) is 24.0 Å². The highest BCUT2D eigenvalue weighted by Gasteiger charge is 2.40. The zero-order valence-electron chi connectivity index (χ0n) is 33.1. The molecular weight excluding hydrogens is 898 g/mol. The molecule has 0 saturated heterocycles. The Bertz CT molecular complexity index is 1690. The number of carbonyl (C=O) groups is 5. The third kappa shape index (κ3) is 33.6. The molecule has 0 bridgehead atoms. The number of nitrogens with one attached hydrogen (secondary N) is 3. The van der Waals surface area contributed by atoms with E-state index in [0.29, 0.717) is 13.0 Å². The Balaban J connectivity index is 0. The number of amides is 1. The number of primary amides is 1. The molecule has 0 aliphatic heterocycles. The fourth-order valence-electron chi connectivity index (χ4n) is 4.33. The third-order valence-corrected chi connectivity index (χ3v) is 7.22. The van der Waals surface area contributed by atoms with E-state index in [9.17, 15) is 57.5 Å². The molecule has 3 aromatic carbocycles. The highest BCUT2D eigenvalue weighted by molar-refractivity contribution is 5.74. The molecule has 3 rings (SSSR count). The zero-order valence-corrected chi connectivity index (χ0v) is 33.1. The van der Waals surface area contributed by atoms with Crippen LogP contribution in [0, 0.1) is 0 Å². The molecule has 26 heteroatoms. The molecule has 1 amide bonds. The highest BCUT2D eigenvalue weighted by Crippen LogP contribution is 2.15. The first-order chi connectivity index (χ1) is 29.4. The van der Waals surface area contributed by atoms with Gasteiger partial charge in [-0.25, -0.2) is 19.2 Å². The van der Waals surface area contributed by atoms with Crippen molar-refractivity contribution >= 4 is 29.8 Å². The van der Waals surface area contributed by atoms with Crippen LogP contribution in [0.25, 0.3) is 0 Å². The van der Waals surface area contributed by atoms with E-state index >= 15 is 0 Å². The Kier molecular flexibility index (Phi) is 28.3. The van der Waals surface area contributed by atoms with Gasteiger partial charge in [-0.05, 0) is 36.0 Å².